The highest BCUT2D eigenvalue weighted by Crippen LogP contribution is 2.46. The molecular formula is C13H28O. The number of aliphatic hydroxyl groups is 1. The van der Waals surface area contributed by atoms with Gasteiger partial charge in [-0.2, -0.15) is 0 Å². The van der Waals surface area contributed by atoms with Crippen molar-refractivity contribution in [2.75, 3.05) is 0 Å². The summed E-state index contributed by atoms with van der Waals surface area (Å²) in [4.78, 5) is 0. The maximum Gasteiger partial charge on any atom is 0.0746 e. The zero-order valence-electron chi connectivity index (χ0n) is 11.0. The summed E-state index contributed by atoms with van der Waals surface area (Å²) in [5.74, 6) is 0.625. The van der Waals surface area contributed by atoms with E-state index in [2.05, 4.69) is 48.5 Å². The topological polar surface area (TPSA) is 20.2 Å². The first-order valence-electron chi connectivity index (χ1n) is 5.98. The van der Waals surface area contributed by atoms with Gasteiger partial charge in [-0.15, -0.1) is 0 Å². The van der Waals surface area contributed by atoms with E-state index in [9.17, 15) is 5.11 Å². The molecule has 0 bridgehead atoms. The Balaban J connectivity index is 5.18. The van der Waals surface area contributed by atoms with Crippen LogP contribution in [0.4, 0.5) is 0 Å². The third-order valence-electron chi connectivity index (χ3n) is 4.29. The monoisotopic (exact) mass is 200 g/mol. The molecule has 0 spiro atoms. The second kappa shape index (κ2) is 4.65. The fourth-order valence-corrected chi connectivity index (χ4v) is 2.88. The van der Waals surface area contributed by atoms with E-state index in [4.69, 9.17) is 0 Å². The van der Waals surface area contributed by atoms with Crippen LogP contribution >= 0.6 is 0 Å². The Hall–Kier alpha value is -0.0400. The average Bonchev–Trinajstić information content (AvgIpc) is 2.14. The normalized spacial score (nSPS) is 14.1. The van der Waals surface area contributed by atoms with Crippen LogP contribution in [-0.4, -0.2) is 10.7 Å². The van der Waals surface area contributed by atoms with E-state index in [1.165, 1.54) is 0 Å². The first kappa shape index (κ1) is 14.0. The van der Waals surface area contributed by atoms with Crippen molar-refractivity contribution in [3.63, 3.8) is 0 Å². The van der Waals surface area contributed by atoms with Crippen LogP contribution in [0.3, 0.4) is 0 Å². The van der Waals surface area contributed by atoms with Gasteiger partial charge in [0.1, 0.15) is 0 Å². The summed E-state index contributed by atoms with van der Waals surface area (Å²) in [6, 6.07) is 0. The van der Waals surface area contributed by atoms with Gasteiger partial charge in [-0.05, 0) is 30.1 Å². The Labute approximate surface area is 89.9 Å². The predicted molar refractivity (Wildman–Crippen MR) is 63.3 cm³/mol. The minimum absolute atomic E-state index is 0.0370. The van der Waals surface area contributed by atoms with Gasteiger partial charge in [0.2, 0.25) is 0 Å². The standard InChI is InChI=1S/C13H28O/c1-8-12(7,9-2)13(14,10(3)4)11(5)6/h10-11,14H,8-9H2,1-7H3. The van der Waals surface area contributed by atoms with Crippen LogP contribution < -0.4 is 0 Å². The zero-order chi connectivity index (χ0) is 11.6. The lowest BCUT2D eigenvalue weighted by Gasteiger charge is -2.50. The van der Waals surface area contributed by atoms with Crippen LogP contribution in [0, 0.1) is 17.3 Å². The molecule has 1 N–H and O–H groups in total. The van der Waals surface area contributed by atoms with Crippen molar-refractivity contribution in [1.29, 1.82) is 0 Å². The maximum absolute atomic E-state index is 10.9. The van der Waals surface area contributed by atoms with Crippen molar-refractivity contribution < 1.29 is 5.11 Å². The number of rotatable bonds is 5. The molecule has 1 heteroatoms. The number of hydrogen-bond acceptors (Lipinski definition) is 1. The van der Waals surface area contributed by atoms with Crippen LogP contribution in [0.1, 0.15) is 61.3 Å². The molecule has 0 atom stereocenters. The van der Waals surface area contributed by atoms with Gasteiger partial charge in [0.15, 0.2) is 0 Å². The van der Waals surface area contributed by atoms with Gasteiger partial charge in [-0.1, -0.05) is 48.5 Å². The molecule has 86 valence electrons. The van der Waals surface area contributed by atoms with Gasteiger partial charge in [0.25, 0.3) is 0 Å². The molecule has 0 aliphatic carbocycles. The Morgan fingerprint density at radius 1 is 0.929 bits per heavy atom. The van der Waals surface area contributed by atoms with Crippen LogP contribution in [0.15, 0.2) is 0 Å². The van der Waals surface area contributed by atoms with E-state index in [-0.39, 0.29) is 5.41 Å². The molecule has 0 saturated carbocycles. The molecule has 0 aromatic heterocycles. The molecular weight excluding hydrogens is 172 g/mol. The average molecular weight is 200 g/mol. The van der Waals surface area contributed by atoms with Gasteiger partial charge < -0.3 is 5.11 Å². The summed E-state index contributed by atoms with van der Waals surface area (Å²) in [5.41, 5.74) is -0.508. The largest absolute Gasteiger partial charge is 0.389 e. The fourth-order valence-electron chi connectivity index (χ4n) is 2.88. The Morgan fingerprint density at radius 2 is 1.21 bits per heavy atom. The van der Waals surface area contributed by atoms with Crippen LogP contribution in [0.5, 0.6) is 0 Å². The molecule has 0 fully saturated rings. The molecule has 0 aliphatic heterocycles. The zero-order valence-corrected chi connectivity index (χ0v) is 11.0. The smallest absolute Gasteiger partial charge is 0.0746 e. The molecule has 14 heavy (non-hydrogen) atoms. The predicted octanol–water partition coefficient (Wildman–Crippen LogP) is 3.86. The molecule has 0 aromatic carbocycles. The second-order valence-corrected chi connectivity index (χ2v) is 5.40. The van der Waals surface area contributed by atoms with Gasteiger partial charge in [0.05, 0.1) is 5.60 Å². The fraction of sp³-hybridized carbons (Fsp3) is 1.00. The highest BCUT2D eigenvalue weighted by molar-refractivity contribution is 4.98. The molecule has 0 heterocycles. The Bertz CT molecular complexity index is 158. The maximum atomic E-state index is 10.9. The third-order valence-corrected chi connectivity index (χ3v) is 4.29. The SMILES string of the molecule is CCC(C)(CC)C(O)(C(C)C)C(C)C. The van der Waals surface area contributed by atoms with E-state index in [1.54, 1.807) is 0 Å². The van der Waals surface area contributed by atoms with E-state index >= 15 is 0 Å². The van der Waals surface area contributed by atoms with E-state index in [0.717, 1.165) is 12.8 Å². The van der Waals surface area contributed by atoms with E-state index in [0.29, 0.717) is 11.8 Å². The van der Waals surface area contributed by atoms with Crippen LogP contribution in [0.25, 0.3) is 0 Å². The molecule has 0 rings (SSSR count). The second-order valence-electron chi connectivity index (χ2n) is 5.40. The highest BCUT2D eigenvalue weighted by Gasteiger charge is 2.48. The van der Waals surface area contributed by atoms with Gasteiger partial charge in [-0.25, -0.2) is 0 Å². The summed E-state index contributed by atoms with van der Waals surface area (Å²) in [5, 5.41) is 10.9. The summed E-state index contributed by atoms with van der Waals surface area (Å²) >= 11 is 0. The van der Waals surface area contributed by atoms with Crippen molar-refractivity contribution in [2.24, 2.45) is 17.3 Å². The van der Waals surface area contributed by atoms with Crippen LogP contribution in [-0.2, 0) is 0 Å². The molecule has 0 saturated heterocycles. The molecule has 0 unspecified atom stereocenters. The quantitative estimate of drug-likeness (QED) is 0.714. The van der Waals surface area contributed by atoms with Crippen molar-refractivity contribution in [1.82, 2.24) is 0 Å². The first-order chi connectivity index (χ1) is 6.26. The lowest BCUT2D eigenvalue weighted by molar-refractivity contribution is -0.147. The van der Waals surface area contributed by atoms with Crippen molar-refractivity contribution in [3.8, 4) is 0 Å². The van der Waals surface area contributed by atoms with Gasteiger partial charge >= 0.3 is 0 Å². The summed E-state index contributed by atoms with van der Waals surface area (Å²) in [7, 11) is 0. The Kier molecular flexibility index (Phi) is 4.64. The lowest BCUT2D eigenvalue weighted by atomic mass is 9.60. The minimum atomic E-state index is -0.545. The van der Waals surface area contributed by atoms with Crippen molar-refractivity contribution in [2.45, 2.75) is 66.9 Å². The summed E-state index contributed by atoms with van der Waals surface area (Å²) < 4.78 is 0. The molecule has 1 nitrogen and oxygen atoms in total. The lowest BCUT2D eigenvalue weighted by Crippen LogP contribution is -2.54. The Morgan fingerprint density at radius 3 is 1.29 bits per heavy atom. The van der Waals surface area contributed by atoms with Gasteiger partial charge in [0, 0.05) is 0 Å². The number of hydrogen-bond donors (Lipinski definition) is 1. The van der Waals surface area contributed by atoms with E-state index in [1.807, 2.05) is 0 Å². The van der Waals surface area contributed by atoms with Crippen LogP contribution in [0.2, 0.25) is 0 Å². The third kappa shape index (κ3) is 1.98. The molecule has 0 aliphatic rings. The molecule has 0 aromatic rings. The molecule has 0 radical (unpaired) electrons. The van der Waals surface area contributed by atoms with Gasteiger partial charge in [-0.3, -0.25) is 0 Å². The van der Waals surface area contributed by atoms with Crippen molar-refractivity contribution >= 4 is 0 Å². The molecule has 0 amide bonds. The van der Waals surface area contributed by atoms with Crippen molar-refractivity contribution in [3.05, 3.63) is 0 Å². The first-order valence-corrected chi connectivity index (χ1v) is 5.98. The van der Waals surface area contributed by atoms with E-state index < -0.39 is 5.60 Å². The summed E-state index contributed by atoms with van der Waals surface area (Å²) in [6.45, 7) is 15.1. The summed E-state index contributed by atoms with van der Waals surface area (Å²) in [6.07, 6.45) is 2.08. The minimum Gasteiger partial charge on any atom is -0.389 e. The highest BCUT2D eigenvalue weighted by atomic mass is 16.3.